The van der Waals surface area contributed by atoms with Crippen LogP contribution in [0.25, 0.3) is 0 Å². The van der Waals surface area contributed by atoms with Crippen molar-refractivity contribution in [3.8, 4) is 0 Å². The molecule has 0 saturated heterocycles. The molecule has 1 amide bonds. The van der Waals surface area contributed by atoms with E-state index in [1.807, 2.05) is 20.8 Å². The van der Waals surface area contributed by atoms with Crippen molar-refractivity contribution in [2.75, 3.05) is 11.9 Å². The molecule has 0 radical (unpaired) electrons. The Labute approximate surface area is 117 Å². The second-order valence-electron chi connectivity index (χ2n) is 5.34. The maximum absolute atomic E-state index is 13.7. The number of primary sulfonamides is 1. The van der Waals surface area contributed by atoms with Crippen LogP contribution in [0.5, 0.6) is 0 Å². The average Bonchev–Trinajstić information content (AvgIpc) is 2.23. The minimum atomic E-state index is -3.94. The molecular weight excluding hydrogens is 285 g/mol. The first-order chi connectivity index (χ1) is 8.99. The van der Waals surface area contributed by atoms with Gasteiger partial charge in [-0.05, 0) is 39.0 Å². The summed E-state index contributed by atoms with van der Waals surface area (Å²) in [7, 11) is -3.94. The minimum absolute atomic E-state index is 0.0291. The summed E-state index contributed by atoms with van der Waals surface area (Å²) >= 11 is 0. The van der Waals surface area contributed by atoms with Crippen molar-refractivity contribution in [2.45, 2.75) is 31.2 Å². The number of amides is 1. The van der Waals surface area contributed by atoms with Crippen LogP contribution in [0, 0.1) is 5.82 Å². The zero-order valence-electron chi connectivity index (χ0n) is 11.5. The van der Waals surface area contributed by atoms with E-state index in [9.17, 15) is 17.6 Å². The number of halogens is 1. The van der Waals surface area contributed by atoms with Crippen molar-refractivity contribution >= 4 is 21.6 Å². The lowest BCUT2D eigenvalue weighted by Gasteiger charge is -2.20. The lowest BCUT2D eigenvalue weighted by Crippen LogP contribution is -2.43. The smallest absolute Gasteiger partial charge is 0.239 e. The van der Waals surface area contributed by atoms with Crippen LogP contribution in [0.15, 0.2) is 23.1 Å². The Balaban J connectivity index is 2.73. The first kappa shape index (κ1) is 16.4. The zero-order valence-corrected chi connectivity index (χ0v) is 12.3. The number of benzene rings is 1. The molecule has 0 aromatic heterocycles. The number of carbonyl (C=O) groups is 1. The molecule has 20 heavy (non-hydrogen) atoms. The second kappa shape index (κ2) is 5.76. The normalized spacial score (nSPS) is 12.1. The number of hydrogen-bond acceptors (Lipinski definition) is 4. The quantitative estimate of drug-likeness (QED) is 0.765. The van der Waals surface area contributed by atoms with Crippen LogP contribution < -0.4 is 15.8 Å². The molecule has 8 heteroatoms. The van der Waals surface area contributed by atoms with Crippen molar-refractivity contribution < 1.29 is 17.6 Å². The van der Waals surface area contributed by atoms with Gasteiger partial charge in [0.1, 0.15) is 5.82 Å². The lowest BCUT2D eigenvalue weighted by atomic mass is 10.1. The van der Waals surface area contributed by atoms with Crippen molar-refractivity contribution in [3.05, 3.63) is 24.0 Å². The van der Waals surface area contributed by atoms with Gasteiger partial charge in [0.15, 0.2) is 0 Å². The van der Waals surface area contributed by atoms with Crippen LogP contribution >= 0.6 is 0 Å². The molecule has 0 saturated carbocycles. The summed E-state index contributed by atoms with van der Waals surface area (Å²) < 4.78 is 35.7. The maximum atomic E-state index is 13.7. The number of nitrogens with one attached hydrogen (secondary N) is 2. The van der Waals surface area contributed by atoms with Crippen LogP contribution in [0.3, 0.4) is 0 Å². The molecule has 0 bridgehead atoms. The van der Waals surface area contributed by atoms with Gasteiger partial charge in [-0.15, -0.1) is 0 Å². The summed E-state index contributed by atoms with van der Waals surface area (Å²) in [4.78, 5) is 11.2. The van der Waals surface area contributed by atoms with Crippen LogP contribution in [0.2, 0.25) is 0 Å². The van der Waals surface area contributed by atoms with Gasteiger partial charge in [0, 0.05) is 5.54 Å². The van der Waals surface area contributed by atoms with E-state index in [1.54, 1.807) is 0 Å². The monoisotopic (exact) mass is 303 g/mol. The fraction of sp³-hybridized carbons (Fsp3) is 0.417. The first-order valence-corrected chi connectivity index (χ1v) is 7.41. The molecule has 1 rings (SSSR count). The third-order valence-corrected chi connectivity index (χ3v) is 3.13. The summed E-state index contributed by atoms with van der Waals surface area (Å²) in [5.41, 5.74) is -0.351. The largest absolute Gasteiger partial charge is 0.374 e. The Hall–Kier alpha value is -1.67. The fourth-order valence-electron chi connectivity index (χ4n) is 1.45. The van der Waals surface area contributed by atoms with E-state index in [1.165, 1.54) is 12.1 Å². The molecule has 6 nitrogen and oxygen atoms in total. The van der Waals surface area contributed by atoms with Crippen LogP contribution in [-0.4, -0.2) is 26.4 Å². The number of carbonyl (C=O) groups excluding carboxylic acids is 1. The molecular formula is C12H18FN3O3S. The minimum Gasteiger partial charge on any atom is -0.374 e. The predicted molar refractivity (Wildman–Crippen MR) is 74.2 cm³/mol. The maximum Gasteiger partial charge on any atom is 0.239 e. The highest BCUT2D eigenvalue weighted by molar-refractivity contribution is 7.89. The summed E-state index contributed by atoms with van der Waals surface area (Å²) in [6, 6.07) is 3.20. The van der Waals surface area contributed by atoms with Gasteiger partial charge in [-0.3, -0.25) is 4.79 Å². The fourth-order valence-corrected chi connectivity index (χ4v) is 1.98. The summed E-state index contributed by atoms with van der Waals surface area (Å²) in [5, 5.41) is 10.2. The van der Waals surface area contributed by atoms with Gasteiger partial charge in [-0.2, -0.15) is 0 Å². The zero-order chi connectivity index (χ0) is 15.6. The number of rotatable bonds is 4. The number of sulfonamides is 1. The molecule has 0 unspecified atom stereocenters. The van der Waals surface area contributed by atoms with E-state index >= 15 is 0 Å². The van der Waals surface area contributed by atoms with Gasteiger partial charge < -0.3 is 10.6 Å². The highest BCUT2D eigenvalue weighted by Gasteiger charge is 2.15. The Kier molecular flexibility index (Phi) is 4.72. The molecule has 4 N–H and O–H groups in total. The Bertz CT molecular complexity index is 609. The lowest BCUT2D eigenvalue weighted by molar-refractivity contribution is -0.120. The Morgan fingerprint density at radius 3 is 2.40 bits per heavy atom. The van der Waals surface area contributed by atoms with Gasteiger partial charge in [-0.1, -0.05) is 0 Å². The second-order valence-corrected chi connectivity index (χ2v) is 6.90. The Morgan fingerprint density at radius 1 is 1.35 bits per heavy atom. The van der Waals surface area contributed by atoms with Gasteiger partial charge in [-0.25, -0.2) is 17.9 Å². The van der Waals surface area contributed by atoms with Crippen molar-refractivity contribution in [2.24, 2.45) is 5.14 Å². The third kappa shape index (κ3) is 5.14. The molecule has 0 atom stereocenters. The van der Waals surface area contributed by atoms with E-state index in [0.717, 1.165) is 6.07 Å². The molecule has 0 aliphatic rings. The predicted octanol–water partition coefficient (Wildman–Crippen LogP) is 0.800. The van der Waals surface area contributed by atoms with Gasteiger partial charge >= 0.3 is 0 Å². The van der Waals surface area contributed by atoms with Gasteiger partial charge in [0.05, 0.1) is 17.1 Å². The molecule has 1 aromatic rings. The molecule has 112 valence electrons. The summed E-state index contributed by atoms with van der Waals surface area (Å²) in [6.45, 7) is 5.36. The molecule has 1 aromatic carbocycles. The molecule has 0 aliphatic heterocycles. The highest BCUT2D eigenvalue weighted by atomic mass is 32.2. The van der Waals surface area contributed by atoms with Crippen LogP contribution in [0.1, 0.15) is 20.8 Å². The standard InChI is InChI=1S/C12H18FN3O3S/c1-12(2,3)16-11(17)7-15-10-5-4-8(6-9(10)13)20(14,18)19/h4-6,15H,7H2,1-3H3,(H,16,17)(H2,14,18,19). The number of anilines is 1. The van der Waals surface area contributed by atoms with E-state index in [2.05, 4.69) is 10.6 Å². The third-order valence-electron chi connectivity index (χ3n) is 2.22. The topological polar surface area (TPSA) is 101 Å². The van der Waals surface area contributed by atoms with Crippen molar-refractivity contribution in [1.82, 2.24) is 5.32 Å². The van der Waals surface area contributed by atoms with Gasteiger partial charge in [0.2, 0.25) is 15.9 Å². The van der Waals surface area contributed by atoms with E-state index < -0.39 is 15.8 Å². The highest BCUT2D eigenvalue weighted by Crippen LogP contribution is 2.17. The molecule has 0 fully saturated rings. The average molecular weight is 303 g/mol. The van der Waals surface area contributed by atoms with E-state index in [4.69, 9.17) is 5.14 Å². The molecule has 0 aliphatic carbocycles. The van der Waals surface area contributed by atoms with E-state index in [-0.39, 0.29) is 28.6 Å². The van der Waals surface area contributed by atoms with Crippen LogP contribution in [-0.2, 0) is 14.8 Å². The first-order valence-electron chi connectivity index (χ1n) is 5.86. The van der Waals surface area contributed by atoms with Crippen molar-refractivity contribution in [1.29, 1.82) is 0 Å². The Morgan fingerprint density at radius 2 is 1.95 bits per heavy atom. The number of nitrogens with two attached hydrogens (primary N) is 1. The van der Waals surface area contributed by atoms with Gasteiger partial charge in [0.25, 0.3) is 0 Å². The molecule has 0 heterocycles. The summed E-state index contributed by atoms with van der Waals surface area (Å²) in [6.07, 6.45) is 0. The molecule has 0 spiro atoms. The SMILES string of the molecule is CC(C)(C)NC(=O)CNc1ccc(S(N)(=O)=O)cc1F. The van der Waals surface area contributed by atoms with E-state index in [0.29, 0.717) is 0 Å². The van der Waals surface area contributed by atoms with Crippen molar-refractivity contribution in [3.63, 3.8) is 0 Å². The number of hydrogen-bond donors (Lipinski definition) is 3. The summed E-state index contributed by atoms with van der Waals surface area (Å²) in [5.74, 6) is -1.09. The van der Waals surface area contributed by atoms with Crippen LogP contribution in [0.4, 0.5) is 10.1 Å².